The summed E-state index contributed by atoms with van der Waals surface area (Å²) in [6, 6.07) is 9.37. The predicted octanol–water partition coefficient (Wildman–Crippen LogP) is 4.46. The molecular formula is C17H27NO. The molecule has 19 heavy (non-hydrogen) atoms. The summed E-state index contributed by atoms with van der Waals surface area (Å²) in [7, 11) is 1.75. The number of rotatable bonds is 4. The molecule has 106 valence electrons. The molecule has 2 rings (SSSR count). The van der Waals surface area contributed by atoms with E-state index in [1.54, 1.807) is 7.11 Å². The van der Waals surface area contributed by atoms with Gasteiger partial charge < -0.3 is 10.1 Å². The van der Waals surface area contributed by atoms with Gasteiger partial charge in [0.15, 0.2) is 0 Å². The van der Waals surface area contributed by atoms with E-state index in [0.717, 1.165) is 5.75 Å². The standard InChI is InChI=1S/C17H27NO/c1-14(16-12-8-9-13-17(16)19-2)18-15-10-6-4-3-5-7-11-15/h8-9,12-15,18H,3-7,10-11H2,1-2H3/t14-/m0/s1. The number of hydrogen-bond donors (Lipinski definition) is 1. The van der Waals surface area contributed by atoms with Crippen LogP contribution in [-0.2, 0) is 0 Å². The fraction of sp³-hybridized carbons (Fsp3) is 0.647. The zero-order valence-corrected chi connectivity index (χ0v) is 12.3. The van der Waals surface area contributed by atoms with E-state index >= 15 is 0 Å². The second-order valence-electron chi connectivity index (χ2n) is 5.67. The number of nitrogens with one attached hydrogen (secondary N) is 1. The molecule has 0 spiro atoms. The monoisotopic (exact) mass is 261 g/mol. The van der Waals surface area contributed by atoms with Crippen LogP contribution in [0.25, 0.3) is 0 Å². The smallest absolute Gasteiger partial charge is 0.123 e. The van der Waals surface area contributed by atoms with E-state index in [0.29, 0.717) is 12.1 Å². The normalized spacial score (nSPS) is 19.5. The summed E-state index contributed by atoms with van der Waals surface area (Å²) in [5.74, 6) is 0.994. The van der Waals surface area contributed by atoms with Crippen molar-refractivity contribution in [1.82, 2.24) is 5.32 Å². The van der Waals surface area contributed by atoms with Crippen LogP contribution < -0.4 is 10.1 Å². The molecule has 2 heteroatoms. The number of ether oxygens (including phenoxy) is 1. The van der Waals surface area contributed by atoms with Gasteiger partial charge in [-0.2, -0.15) is 0 Å². The van der Waals surface area contributed by atoms with E-state index in [9.17, 15) is 0 Å². The summed E-state index contributed by atoms with van der Waals surface area (Å²) < 4.78 is 5.46. The Morgan fingerprint density at radius 2 is 1.68 bits per heavy atom. The molecule has 0 bridgehead atoms. The van der Waals surface area contributed by atoms with Gasteiger partial charge in [0.05, 0.1) is 7.11 Å². The molecule has 0 amide bonds. The predicted molar refractivity (Wildman–Crippen MR) is 80.7 cm³/mol. The largest absolute Gasteiger partial charge is 0.496 e. The molecule has 1 saturated carbocycles. The third-order valence-corrected chi connectivity index (χ3v) is 4.20. The SMILES string of the molecule is COc1ccccc1[C@H](C)NC1CCCCCCC1. The van der Waals surface area contributed by atoms with E-state index in [1.807, 2.05) is 12.1 Å². The van der Waals surface area contributed by atoms with Crippen LogP contribution in [0.15, 0.2) is 24.3 Å². The highest BCUT2D eigenvalue weighted by Crippen LogP contribution is 2.26. The first-order valence-electron chi connectivity index (χ1n) is 7.70. The lowest BCUT2D eigenvalue weighted by Crippen LogP contribution is -2.32. The van der Waals surface area contributed by atoms with Crippen molar-refractivity contribution in [3.8, 4) is 5.75 Å². The maximum atomic E-state index is 5.46. The number of methoxy groups -OCH3 is 1. The fourth-order valence-electron chi connectivity index (χ4n) is 3.09. The molecule has 0 aliphatic heterocycles. The molecule has 0 aromatic heterocycles. The number of para-hydroxylation sites is 1. The van der Waals surface area contributed by atoms with E-state index in [1.165, 1.54) is 50.5 Å². The molecule has 0 radical (unpaired) electrons. The Labute approximate surface area is 117 Å². The minimum Gasteiger partial charge on any atom is -0.496 e. The molecule has 1 atom stereocenters. The van der Waals surface area contributed by atoms with Gasteiger partial charge in [-0.15, -0.1) is 0 Å². The van der Waals surface area contributed by atoms with Crippen molar-refractivity contribution in [3.63, 3.8) is 0 Å². The molecule has 0 heterocycles. The molecule has 1 N–H and O–H groups in total. The van der Waals surface area contributed by atoms with Crippen molar-refractivity contribution >= 4 is 0 Å². The zero-order valence-electron chi connectivity index (χ0n) is 12.3. The highest BCUT2D eigenvalue weighted by Gasteiger charge is 2.16. The number of benzene rings is 1. The molecule has 1 fully saturated rings. The van der Waals surface area contributed by atoms with Gasteiger partial charge in [-0.1, -0.05) is 50.3 Å². The lowest BCUT2D eigenvalue weighted by molar-refractivity contribution is 0.352. The molecule has 2 nitrogen and oxygen atoms in total. The molecule has 1 aromatic rings. The second-order valence-corrected chi connectivity index (χ2v) is 5.67. The molecule has 1 aromatic carbocycles. The summed E-state index contributed by atoms with van der Waals surface area (Å²) in [5, 5.41) is 3.80. The first-order chi connectivity index (χ1) is 9.31. The Balaban J connectivity index is 1.96. The van der Waals surface area contributed by atoms with Crippen LogP contribution in [0.1, 0.15) is 63.5 Å². The van der Waals surface area contributed by atoms with Crippen molar-refractivity contribution in [2.45, 2.75) is 64.0 Å². The summed E-state index contributed by atoms with van der Waals surface area (Å²) >= 11 is 0. The maximum Gasteiger partial charge on any atom is 0.123 e. The first kappa shape index (κ1) is 14.4. The Bertz CT molecular complexity index is 369. The van der Waals surface area contributed by atoms with Crippen LogP contribution in [0, 0.1) is 0 Å². The average Bonchev–Trinajstić information content (AvgIpc) is 2.41. The van der Waals surface area contributed by atoms with Gasteiger partial charge >= 0.3 is 0 Å². The van der Waals surface area contributed by atoms with Crippen LogP contribution >= 0.6 is 0 Å². The van der Waals surface area contributed by atoms with Gasteiger partial charge in [0.1, 0.15) is 5.75 Å². The van der Waals surface area contributed by atoms with E-state index in [-0.39, 0.29) is 0 Å². The molecule has 1 aliphatic rings. The quantitative estimate of drug-likeness (QED) is 0.864. The highest BCUT2D eigenvalue weighted by molar-refractivity contribution is 5.35. The maximum absolute atomic E-state index is 5.46. The summed E-state index contributed by atoms with van der Waals surface area (Å²) in [6.07, 6.45) is 9.61. The summed E-state index contributed by atoms with van der Waals surface area (Å²) in [4.78, 5) is 0. The Morgan fingerprint density at radius 1 is 1.05 bits per heavy atom. The Hall–Kier alpha value is -1.02. The first-order valence-corrected chi connectivity index (χ1v) is 7.70. The van der Waals surface area contributed by atoms with E-state index in [4.69, 9.17) is 4.74 Å². The Kier molecular flexibility index (Phi) is 5.71. The second kappa shape index (κ2) is 7.54. The van der Waals surface area contributed by atoms with Gasteiger partial charge in [-0.25, -0.2) is 0 Å². The topological polar surface area (TPSA) is 21.3 Å². The number of hydrogen-bond acceptors (Lipinski definition) is 2. The lowest BCUT2D eigenvalue weighted by Gasteiger charge is -2.26. The highest BCUT2D eigenvalue weighted by atomic mass is 16.5. The average molecular weight is 261 g/mol. The fourth-order valence-corrected chi connectivity index (χ4v) is 3.09. The third-order valence-electron chi connectivity index (χ3n) is 4.20. The zero-order chi connectivity index (χ0) is 13.5. The molecule has 0 unspecified atom stereocenters. The van der Waals surface area contributed by atoms with Gasteiger partial charge in [0, 0.05) is 17.6 Å². The van der Waals surface area contributed by atoms with Gasteiger partial charge in [-0.05, 0) is 25.8 Å². The van der Waals surface area contributed by atoms with Crippen molar-refractivity contribution < 1.29 is 4.74 Å². The van der Waals surface area contributed by atoms with E-state index < -0.39 is 0 Å². The van der Waals surface area contributed by atoms with Crippen LogP contribution in [0.3, 0.4) is 0 Å². The van der Waals surface area contributed by atoms with Crippen LogP contribution in [0.5, 0.6) is 5.75 Å². The lowest BCUT2D eigenvalue weighted by atomic mass is 9.95. The Morgan fingerprint density at radius 3 is 2.37 bits per heavy atom. The van der Waals surface area contributed by atoms with Crippen molar-refractivity contribution in [2.24, 2.45) is 0 Å². The molecular weight excluding hydrogens is 234 g/mol. The van der Waals surface area contributed by atoms with Crippen molar-refractivity contribution in [3.05, 3.63) is 29.8 Å². The summed E-state index contributed by atoms with van der Waals surface area (Å²) in [5.41, 5.74) is 1.27. The minimum absolute atomic E-state index is 0.362. The van der Waals surface area contributed by atoms with Crippen LogP contribution in [0.2, 0.25) is 0 Å². The molecule has 0 saturated heterocycles. The minimum atomic E-state index is 0.362. The van der Waals surface area contributed by atoms with Gasteiger partial charge in [-0.3, -0.25) is 0 Å². The van der Waals surface area contributed by atoms with Crippen molar-refractivity contribution in [1.29, 1.82) is 0 Å². The molecule has 1 aliphatic carbocycles. The van der Waals surface area contributed by atoms with Crippen LogP contribution in [-0.4, -0.2) is 13.2 Å². The van der Waals surface area contributed by atoms with Gasteiger partial charge in [0.2, 0.25) is 0 Å². The van der Waals surface area contributed by atoms with Crippen LogP contribution in [0.4, 0.5) is 0 Å². The van der Waals surface area contributed by atoms with Gasteiger partial charge in [0.25, 0.3) is 0 Å². The third kappa shape index (κ3) is 4.24. The van der Waals surface area contributed by atoms with E-state index in [2.05, 4.69) is 24.4 Å². The van der Waals surface area contributed by atoms with Crippen molar-refractivity contribution in [2.75, 3.05) is 7.11 Å². The summed E-state index contributed by atoms with van der Waals surface area (Å²) in [6.45, 7) is 2.25.